The summed E-state index contributed by atoms with van der Waals surface area (Å²) in [5.41, 5.74) is 2.46. The summed E-state index contributed by atoms with van der Waals surface area (Å²) < 4.78 is 13.7. The standard InChI is InChI=1S/C30H33FN4O2/c31-24-18-26(19-32)35(21-24)27(36)20-33-30-15-12-29(13-16-30,14-17-30)28(37)34-25-10-8-23(9-11-25)7-6-22-4-2-1-3-5-22/h1-11,24,26,33H,12-18,20-21H2,(H,34,37)/b7-6+/t24-,26-,29?,30?/m0/s1. The number of nitrogens with zero attached hydrogens (tertiary/aromatic N) is 2. The van der Waals surface area contributed by atoms with Crippen LogP contribution in [0.1, 0.15) is 56.1 Å². The van der Waals surface area contributed by atoms with Crippen LogP contribution in [0, 0.1) is 16.7 Å². The minimum Gasteiger partial charge on any atom is -0.326 e. The second-order valence-electron chi connectivity index (χ2n) is 10.8. The van der Waals surface area contributed by atoms with Crippen molar-refractivity contribution in [2.45, 2.75) is 62.7 Å². The molecule has 37 heavy (non-hydrogen) atoms. The Labute approximate surface area is 217 Å². The Balaban J connectivity index is 1.13. The maximum absolute atomic E-state index is 13.7. The Hall–Kier alpha value is -3.50. The van der Waals surface area contributed by atoms with Gasteiger partial charge in [0, 0.05) is 23.1 Å². The smallest absolute Gasteiger partial charge is 0.237 e. The van der Waals surface area contributed by atoms with Crippen molar-refractivity contribution in [2.24, 2.45) is 5.41 Å². The number of carbonyl (C=O) groups is 2. The molecule has 0 aromatic heterocycles. The van der Waals surface area contributed by atoms with E-state index in [1.807, 2.05) is 48.5 Å². The molecular weight excluding hydrogens is 467 g/mol. The molecule has 0 spiro atoms. The zero-order chi connectivity index (χ0) is 25.9. The number of hydrogen-bond acceptors (Lipinski definition) is 4. The first-order valence-corrected chi connectivity index (χ1v) is 13.1. The first kappa shape index (κ1) is 25.2. The van der Waals surface area contributed by atoms with Gasteiger partial charge in [0.15, 0.2) is 0 Å². The first-order valence-electron chi connectivity index (χ1n) is 13.1. The second kappa shape index (κ2) is 10.5. The Morgan fingerprint density at radius 2 is 1.59 bits per heavy atom. The number of halogens is 1. The number of rotatable bonds is 7. The van der Waals surface area contributed by atoms with Gasteiger partial charge in [-0.3, -0.25) is 9.59 Å². The second-order valence-corrected chi connectivity index (χ2v) is 10.8. The van der Waals surface area contributed by atoms with Gasteiger partial charge in [0.05, 0.1) is 19.2 Å². The fourth-order valence-electron chi connectivity index (χ4n) is 6.04. The lowest BCUT2D eigenvalue weighted by molar-refractivity contribution is -0.135. The molecule has 2 bridgehead atoms. The molecule has 1 heterocycles. The topological polar surface area (TPSA) is 85.2 Å². The van der Waals surface area contributed by atoms with Gasteiger partial charge in [-0.05, 0) is 61.8 Å². The lowest BCUT2D eigenvalue weighted by atomic mass is 9.57. The van der Waals surface area contributed by atoms with Gasteiger partial charge in [0.1, 0.15) is 12.2 Å². The molecule has 1 aliphatic heterocycles. The molecule has 3 saturated carbocycles. The van der Waals surface area contributed by atoms with Gasteiger partial charge in [-0.2, -0.15) is 5.26 Å². The molecule has 4 fully saturated rings. The molecule has 2 N–H and O–H groups in total. The number of likely N-dealkylation sites (tertiary alicyclic amines) is 1. The average molecular weight is 501 g/mol. The number of nitrogens with one attached hydrogen (secondary N) is 2. The van der Waals surface area contributed by atoms with Crippen molar-refractivity contribution in [2.75, 3.05) is 18.4 Å². The van der Waals surface area contributed by atoms with Crippen LogP contribution in [0.25, 0.3) is 12.2 Å². The van der Waals surface area contributed by atoms with Crippen LogP contribution in [0.2, 0.25) is 0 Å². The summed E-state index contributed by atoms with van der Waals surface area (Å²) in [6.07, 6.45) is 7.88. The maximum Gasteiger partial charge on any atom is 0.237 e. The Morgan fingerprint density at radius 1 is 0.973 bits per heavy atom. The van der Waals surface area contributed by atoms with Crippen molar-refractivity contribution < 1.29 is 14.0 Å². The predicted octanol–water partition coefficient (Wildman–Crippen LogP) is 4.94. The number of fused-ring (bicyclic) bond motifs is 3. The predicted molar refractivity (Wildman–Crippen MR) is 142 cm³/mol. The monoisotopic (exact) mass is 500 g/mol. The van der Waals surface area contributed by atoms with E-state index < -0.39 is 12.2 Å². The van der Waals surface area contributed by atoms with Gasteiger partial charge in [-0.15, -0.1) is 0 Å². The SMILES string of the molecule is N#C[C@@H]1C[C@H](F)CN1C(=O)CNC12CCC(C(=O)Nc3ccc(/C=C/c4ccccc4)cc3)(CC1)CC2. The van der Waals surface area contributed by atoms with Gasteiger partial charge in [0.2, 0.25) is 11.8 Å². The number of anilines is 1. The molecule has 2 aromatic carbocycles. The number of alkyl halides is 1. The number of carbonyl (C=O) groups excluding carboxylic acids is 2. The van der Waals surface area contributed by atoms with E-state index >= 15 is 0 Å². The van der Waals surface area contributed by atoms with E-state index in [4.69, 9.17) is 0 Å². The highest BCUT2D eigenvalue weighted by Gasteiger charge is 2.52. The summed E-state index contributed by atoms with van der Waals surface area (Å²) in [5.74, 6) is -0.143. The fraction of sp³-hybridized carbons (Fsp3) is 0.433. The minimum absolute atomic E-state index is 0.000679. The molecule has 0 radical (unpaired) electrons. The van der Waals surface area contributed by atoms with Crippen LogP contribution in [-0.2, 0) is 9.59 Å². The third kappa shape index (κ3) is 5.45. The minimum atomic E-state index is -1.13. The highest BCUT2D eigenvalue weighted by molar-refractivity contribution is 5.95. The van der Waals surface area contributed by atoms with Crippen LogP contribution in [-0.4, -0.2) is 47.6 Å². The molecular formula is C30H33FN4O2. The zero-order valence-electron chi connectivity index (χ0n) is 21.0. The molecule has 7 heteroatoms. The normalized spacial score (nSPS) is 28.8. The molecule has 2 atom stereocenters. The van der Waals surface area contributed by atoms with E-state index in [2.05, 4.69) is 34.9 Å². The maximum atomic E-state index is 13.7. The molecule has 192 valence electrons. The van der Waals surface area contributed by atoms with Crippen LogP contribution < -0.4 is 10.6 Å². The summed E-state index contributed by atoms with van der Waals surface area (Å²) in [5, 5.41) is 15.8. The summed E-state index contributed by atoms with van der Waals surface area (Å²) in [6, 6.07) is 19.4. The van der Waals surface area contributed by atoms with Crippen molar-refractivity contribution >= 4 is 29.7 Å². The average Bonchev–Trinajstić information content (AvgIpc) is 3.33. The highest BCUT2D eigenvalue weighted by atomic mass is 19.1. The zero-order valence-corrected chi connectivity index (χ0v) is 21.0. The van der Waals surface area contributed by atoms with E-state index in [-0.39, 0.29) is 42.3 Å². The van der Waals surface area contributed by atoms with Crippen molar-refractivity contribution in [1.82, 2.24) is 10.2 Å². The van der Waals surface area contributed by atoms with Gasteiger partial charge >= 0.3 is 0 Å². The first-order chi connectivity index (χ1) is 17.9. The largest absolute Gasteiger partial charge is 0.326 e. The number of nitriles is 1. The van der Waals surface area contributed by atoms with Crippen LogP contribution in [0.4, 0.5) is 10.1 Å². The van der Waals surface area contributed by atoms with Crippen LogP contribution >= 0.6 is 0 Å². The molecule has 4 aliphatic rings. The Bertz CT molecular complexity index is 1180. The molecule has 2 aromatic rings. The summed E-state index contributed by atoms with van der Waals surface area (Å²) in [7, 11) is 0. The lowest BCUT2D eigenvalue weighted by Gasteiger charge is -2.52. The van der Waals surface area contributed by atoms with Gasteiger partial charge < -0.3 is 15.5 Å². The molecule has 0 unspecified atom stereocenters. The van der Waals surface area contributed by atoms with Crippen molar-refractivity contribution in [1.29, 1.82) is 5.26 Å². The van der Waals surface area contributed by atoms with Gasteiger partial charge in [-0.25, -0.2) is 4.39 Å². The van der Waals surface area contributed by atoms with E-state index in [0.717, 1.165) is 55.3 Å². The summed E-state index contributed by atoms with van der Waals surface area (Å²) >= 11 is 0. The fourth-order valence-corrected chi connectivity index (χ4v) is 6.04. The molecule has 6 rings (SSSR count). The molecule has 1 saturated heterocycles. The van der Waals surface area contributed by atoms with Crippen molar-refractivity contribution in [3.8, 4) is 6.07 Å². The third-order valence-corrected chi connectivity index (χ3v) is 8.50. The summed E-state index contributed by atoms with van der Waals surface area (Å²) in [6.45, 7) is 0.106. The van der Waals surface area contributed by atoms with Crippen LogP contribution in [0.15, 0.2) is 54.6 Å². The number of benzene rings is 2. The number of amides is 2. The van der Waals surface area contributed by atoms with Crippen molar-refractivity contribution in [3.05, 3.63) is 65.7 Å². The lowest BCUT2D eigenvalue weighted by Crippen LogP contribution is -2.59. The highest BCUT2D eigenvalue weighted by Crippen LogP contribution is 2.52. The van der Waals surface area contributed by atoms with Gasteiger partial charge in [0.25, 0.3) is 0 Å². The van der Waals surface area contributed by atoms with Gasteiger partial charge in [-0.1, -0.05) is 54.6 Å². The van der Waals surface area contributed by atoms with E-state index in [9.17, 15) is 19.2 Å². The molecule has 3 aliphatic carbocycles. The summed E-state index contributed by atoms with van der Waals surface area (Å²) in [4.78, 5) is 27.3. The van der Waals surface area contributed by atoms with Crippen molar-refractivity contribution in [3.63, 3.8) is 0 Å². The third-order valence-electron chi connectivity index (χ3n) is 8.50. The van der Waals surface area contributed by atoms with Crippen LogP contribution in [0.3, 0.4) is 0 Å². The van der Waals surface area contributed by atoms with E-state index in [0.29, 0.717) is 0 Å². The Morgan fingerprint density at radius 3 is 2.22 bits per heavy atom. The van der Waals surface area contributed by atoms with E-state index in [1.54, 1.807) is 0 Å². The van der Waals surface area contributed by atoms with E-state index in [1.165, 1.54) is 4.90 Å². The molecule has 6 nitrogen and oxygen atoms in total. The van der Waals surface area contributed by atoms with Crippen LogP contribution in [0.5, 0.6) is 0 Å². The Kier molecular flexibility index (Phi) is 7.12. The molecule has 2 amide bonds. The number of hydrogen-bond donors (Lipinski definition) is 2. The quantitative estimate of drug-likeness (QED) is 0.528.